The Kier molecular flexibility index (Phi) is 3.69. The second kappa shape index (κ2) is 5.50. The Morgan fingerprint density at radius 1 is 1.43 bits per heavy atom. The SMILES string of the molecule is CCn1c(=NC(=O)c2ccco2)sc2c(Cl)ccc(C)c21. The van der Waals surface area contributed by atoms with Crippen molar-refractivity contribution in [2.75, 3.05) is 0 Å². The lowest BCUT2D eigenvalue weighted by molar-refractivity contribution is 0.0971. The minimum Gasteiger partial charge on any atom is -0.459 e. The molecule has 0 saturated heterocycles. The van der Waals surface area contributed by atoms with E-state index in [9.17, 15) is 4.79 Å². The average molecular weight is 321 g/mol. The Balaban J connectivity index is 2.26. The fraction of sp³-hybridized carbons (Fsp3) is 0.200. The maximum absolute atomic E-state index is 12.1. The molecule has 6 heteroatoms. The molecular formula is C15H13ClN2O2S. The van der Waals surface area contributed by atoms with Crippen molar-refractivity contribution in [2.24, 2.45) is 4.99 Å². The van der Waals surface area contributed by atoms with Crippen LogP contribution in [-0.4, -0.2) is 10.5 Å². The number of nitrogens with zero attached hydrogens (tertiary/aromatic N) is 2. The van der Waals surface area contributed by atoms with Crippen LogP contribution in [0.25, 0.3) is 10.2 Å². The molecule has 1 aromatic carbocycles. The third-order valence-electron chi connectivity index (χ3n) is 3.22. The van der Waals surface area contributed by atoms with Gasteiger partial charge in [-0.25, -0.2) is 0 Å². The summed E-state index contributed by atoms with van der Waals surface area (Å²) in [6.45, 7) is 4.75. The zero-order chi connectivity index (χ0) is 15.0. The first-order chi connectivity index (χ1) is 10.1. The second-order valence-electron chi connectivity index (χ2n) is 4.57. The fourth-order valence-corrected chi connectivity index (χ4v) is 3.68. The van der Waals surface area contributed by atoms with Crippen molar-refractivity contribution in [1.29, 1.82) is 0 Å². The van der Waals surface area contributed by atoms with Gasteiger partial charge in [0.25, 0.3) is 0 Å². The van der Waals surface area contributed by atoms with E-state index in [1.54, 1.807) is 12.1 Å². The van der Waals surface area contributed by atoms with Crippen LogP contribution in [0.1, 0.15) is 23.0 Å². The average Bonchev–Trinajstić information content (AvgIpc) is 3.10. The van der Waals surface area contributed by atoms with E-state index in [1.807, 2.05) is 30.5 Å². The highest BCUT2D eigenvalue weighted by molar-refractivity contribution is 7.17. The number of aryl methyl sites for hydroxylation is 2. The Labute approximate surface area is 130 Å². The van der Waals surface area contributed by atoms with Crippen molar-refractivity contribution in [3.63, 3.8) is 0 Å². The summed E-state index contributed by atoms with van der Waals surface area (Å²) < 4.78 is 8.04. The van der Waals surface area contributed by atoms with Crippen molar-refractivity contribution in [2.45, 2.75) is 20.4 Å². The van der Waals surface area contributed by atoms with E-state index >= 15 is 0 Å². The molecule has 0 unspecified atom stereocenters. The number of carbonyl (C=O) groups excluding carboxylic acids is 1. The number of benzene rings is 1. The van der Waals surface area contributed by atoms with Gasteiger partial charge in [0.2, 0.25) is 0 Å². The van der Waals surface area contributed by atoms with Crippen molar-refractivity contribution in [3.8, 4) is 0 Å². The summed E-state index contributed by atoms with van der Waals surface area (Å²) in [6.07, 6.45) is 1.46. The third kappa shape index (κ3) is 2.43. The summed E-state index contributed by atoms with van der Waals surface area (Å²) in [5.41, 5.74) is 2.14. The van der Waals surface area contributed by atoms with E-state index in [4.69, 9.17) is 16.0 Å². The molecule has 3 aromatic rings. The maximum Gasteiger partial charge on any atom is 0.315 e. The highest BCUT2D eigenvalue weighted by Gasteiger charge is 2.13. The maximum atomic E-state index is 12.1. The van der Waals surface area contributed by atoms with Crippen molar-refractivity contribution in [3.05, 3.63) is 51.7 Å². The summed E-state index contributed by atoms with van der Waals surface area (Å²) in [5.74, 6) is -0.152. The summed E-state index contributed by atoms with van der Waals surface area (Å²) >= 11 is 7.68. The minimum atomic E-state index is -0.387. The van der Waals surface area contributed by atoms with E-state index < -0.39 is 0 Å². The summed E-state index contributed by atoms with van der Waals surface area (Å²) in [6, 6.07) is 7.12. The van der Waals surface area contributed by atoms with Crippen LogP contribution in [0.5, 0.6) is 0 Å². The molecule has 0 aliphatic heterocycles. The van der Waals surface area contributed by atoms with Gasteiger partial charge in [-0.2, -0.15) is 4.99 Å². The quantitative estimate of drug-likeness (QED) is 0.716. The lowest BCUT2D eigenvalue weighted by atomic mass is 10.2. The van der Waals surface area contributed by atoms with Crippen LogP contribution >= 0.6 is 22.9 Å². The first-order valence-electron chi connectivity index (χ1n) is 6.52. The smallest absolute Gasteiger partial charge is 0.315 e. The highest BCUT2D eigenvalue weighted by atomic mass is 35.5. The van der Waals surface area contributed by atoms with Gasteiger partial charge in [-0.3, -0.25) is 4.79 Å². The molecule has 0 bridgehead atoms. The zero-order valence-corrected chi connectivity index (χ0v) is 13.2. The van der Waals surface area contributed by atoms with Crippen molar-refractivity contribution in [1.82, 2.24) is 4.57 Å². The molecule has 0 fully saturated rings. The van der Waals surface area contributed by atoms with Gasteiger partial charge in [0.1, 0.15) is 0 Å². The molecule has 21 heavy (non-hydrogen) atoms. The van der Waals surface area contributed by atoms with E-state index in [1.165, 1.54) is 17.6 Å². The molecule has 0 aliphatic carbocycles. The number of thiazole rings is 1. The third-order valence-corrected chi connectivity index (χ3v) is 4.76. The monoisotopic (exact) mass is 320 g/mol. The van der Waals surface area contributed by atoms with E-state index in [0.717, 1.165) is 15.8 Å². The van der Waals surface area contributed by atoms with Crippen LogP contribution in [0.2, 0.25) is 5.02 Å². The number of aromatic nitrogens is 1. The number of rotatable bonds is 2. The second-order valence-corrected chi connectivity index (χ2v) is 5.95. The molecule has 4 nitrogen and oxygen atoms in total. The summed E-state index contributed by atoms with van der Waals surface area (Å²) in [5, 5.41) is 0.676. The van der Waals surface area contributed by atoms with Crippen molar-refractivity contribution < 1.29 is 9.21 Å². The predicted molar refractivity (Wildman–Crippen MR) is 83.8 cm³/mol. The standard InChI is InChI=1S/C15H13ClN2O2S/c1-3-18-12-9(2)6-7-10(16)13(12)21-15(18)17-14(19)11-5-4-8-20-11/h4-8H,3H2,1-2H3. The molecule has 0 radical (unpaired) electrons. The van der Waals surface area contributed by atoms with Gasteiger partial charge < -0.3 is 8.98 Å². The van der Waals surface area contributed by atoms with Gasteiger partial charge in [-0.1, -0.05) is 29.0 Å². The Morgan fingerprint density at radius 3 is 2.90 bits per heavy atom. The first kappa shape index (κ1) is 14.1. The lowest BCUT2D eigenvalue weighted by Gasteiger charge is -2.03. The van der Waals surface area contributed by atoms with Crippen LogP contribution in [0.4, 0.5) is 0 Å². The molecule has 0 saturated carbocycles. The van der Waals surface area contributed by atoms with Crippen LogP contribution in [0.3, 0.4) is 0 Å². The van der Waals surface area contributed by atoms with E-state index in [0.29, 0.717) is 16.4 Å². The molecule has 0 atom stereocenters. The molecule has 3 rings (SSSR count). The molecule has 108 valence electrons. The minimum absolute atomic E-state index is 0.234. The van der Waals surface area contributed by atoms with Gasteiger partial charge >= 0.3 is 5.91 Å². The van der Waals surface area contributed by atoms with Crippen LogP contribution in [-0.2, 0) is 6.54 Å². The molecule has 0 spiro atoms. The predicted octanol–water partition coefficient (Wildman–Crippen LogP) is 4.02. The molecule has 1 amide bonds. The summed E-state index contributed by atoms with van der Waals surface area (Å²) in [4.78, 5) is 16.9. The van der Waals surface area contributed by atoms with E-state index in [2.05, 4.69) is 4.99 Å². The molecule has 0 N–H and O–H groups in total. The van der Waals surface area contributed by atoms with Crippen LogP contribution in [0, 0.1) is 6.92 Å². The molecular weight excluding hydrogens is 308 g/mol. The number of fused-ring (bicyclic) bond motifs is 1. The number of carbonyl (C=O) groups is 1. The van der Waals surface area contributed by atoms with Crippen LogP contribution in [0.15, 0.2) is 39.9 Å². The van der Waals surface area contributed by atoms with Gasteiger partial charge in [0.15, 0.2) is 10.6 Å². The Morgan fingerprint density at radius 2 is 2.24 bits per heavy atom. The van der Waals surface area contributed by atoms with E-state index in [-0.39, 0.29) is 11.7 Å². The van der Waals surface area contributed by atoms with Gasteiger partial charge in [0, 0.05) is 6.54 Å². The van der Waals surface area contributed by atoms with Gasteiger partial charge in [-0.15, -0.1) is 0 Å². The normalized spacial score (nSPS) is 12.2. The topological polar surface area (TPSA) is 47.5 Å². The number of furan rings is 1. The highest BCUT2D eigenvalue weighted by Crippen LogP contribution is 2.28. The largest absolute Gasteiger partial charge is 0.459 e. The molecule has 2 heterocycles. The molecule has 2 aromatic heterocycles. The van der Waals surface area contributed by atoms with Gasteiger partial charge in [-0.05, 0) is 37.6 Å². The Bertz CT molecular complexity index is 875. The molecule has 0 aliphatic rings. The number of halogens is 1. The number of hydrogen-bond donors (Lipinski definition) is 0. The number of amides is 1. The number of hydrogen-bond acceptors (Lipinski definition) is 3. The fourth-order valence-electron chi connectivity index (χ4n) is 2.24. The Hall–Kier alpha value is -1.85. The lowest BCUT2D eigenvalue weighted by Crippen LogP contribution is -2.16. The first-order valence-corrected chi connectivity index (χ1v) is 7.72. The van der Waals surface area contributed by atoms with Gasteiger partial charge in [0.05, 0.1) is 21.5 Å². The zero-order valence-electron chi connectivity index (χ0n) is 11.6. The summed E-state index contributed by atoms with van der Waals surface area (Å²) in [7, 11) is 0. The van der Waals surface area contributed by atoms with Crippen LogP contribution < -0.4 is 4.80 Å². The van der Waals surface area contributed by atoms with Crippen molar-refractivity contribution >= 4 is 39.1 Å².